The number of methoxy groups -OCH3 is 1. The molecule has 0 bridgehead atoms. The van der Waals surface area contributed by atoms with Gasteiger partial charge in [0.25, 0.3) is 5.91 Å². The van der Waals surface area contributed by atoms with Crippen LogP contribution in [0.2, 0.25) is 0 Å². The number of ether oxygens (including phenoxy) is 2. The van der Waals surface area contributed by atoms with Gasteiger partial charge in [-0.1, -0.05) is 12.1 Å². The molecule has 5 nitrogen and oxygen atoms in total. The second-order valence-corrected chi connectivity index (χ2v) is 3.81. The molecule has 0 radical (unpaired) electrons. The van der Waals surface area contributed by atoms with Crippen molar-refractivity contribution in [3.8, 4) is 5.75 Å². The fraction of sp³-hybridized carbons (Fsp3) is 0.462. The highest BCUT2D eigenvalue weighted by Crippen LogP contribution is 2.12. The number of nitrogens with two attached hydrogens (primary N) is 1. The molecule has 18 heavy (non-hydrogen) atoms. The zero-order chi connectivity index (χ0) is 13.2. The Labute approximate surface area is 107 Å². The van der Waals surface area contributed by atoms with Gasteiger partial charge in [-0.25, -0.2) is 0 Å². The maximum Gasteiger partial charge on any atom is 0.258 e. The quantitative estimate of drug-likeness (QED) is 0.654. The third kappa shape index (κ3) is 5.65. The smallest absolute Gasteiger partial charge is 0.258 e. The Morgan fingerprint density at radius 3 is 2.67 bits per heavy atom. The standard InChI is InChI=1S/C13H20N2O3/c1-17-9-8-15-13(16)10-18-12-4-2-11(3-5-12)6-7-14/h2-5H,6-10,14H2,1H3,(H,15,16). The van der Waals surface area contributed by atoms with Gasteiger partial charge in [0, 0.05) is 13.7 Å². The fourth-order valence-corrected chi connectivity index (χ4v) is 1.41. The Morgan fingerprint density at radius 2 is 2.06 bits per heavy atom. The number of amides is 1. The molecule has 0 atom stereocenters. The van der Waals surface area contributed by atoms with Crippen molar-refractivity contribution in [2.24, 2.45) is 5.73 Å². The van der Waals surface area contributed by atoms with E-state index in [0.717, 1.165) is 12.0 Å². The molecule has 1 aromatic carbocycles. The van der Waals surface area contributed by atoms with Crippen LogP contribution < -0.4 is 15.8 Å². The van der Waals surface area contributed by atoms with E-state index in [4.69, 9.17) is 15.2 Å². The molecule has 1 amide bonds. The summed E-state index contributed by atoms with van der Waals surface area (Å²) in [5, 5.41) is 2.68. The van der Waals surface area contributed by atoms with E-state index in [9.17, 15) is 4.79 Å². The van der Waals surface area contributed by atoms with Gasteiger partial charge in [-0.2, -0.15) is 0 Å². The first kappa shape index (κ1) is 14.5. The Hall–Kier alpha value is -1.59. The number of benzene rings is 1. The van der Waals surface area contributed by atoms with Crippen molar-refractivity contribution in [2.45, 2.75) is 6.42 Å². The minimum atomic E-state index is -0.155. The summed E-state index contributed by atoms with van der Waals surface area (Å²) in [5.74, 6) is 0.524. The van der Waals surface area contributed by atoms with Gasteiger partial charge in [-0.3, -0.25) is 4.79 Å². The molecule has 0 aliphatic heterocycles. The molecule has 1 rings (SSSR count). The van der Waals surface area contributed by atoms with Crippen LogP contribution in [0.3, 0.4) is 0 Å². The summed E-state index contributed by atoms with van der Waals surface area (Å²) < 4.78 is 10.2. The van der Waals surface area contributed by atoms with Gasteiger partial charge in [0.15, 0.2) is 6.61 Å². The number of hydrogen-bond donors (Lipinski definition) is 2. The Balaban J connectivity index is 2.27. The van der Waals surface area contributed by atoms with E-state index in [1.165, 1.54) is 0 Å². The van der Waals surface area contributed by atoms with Gasteiger partial charge in [0.1, 0.15) is 5.75 Å². The van der Waals surface area contributed by atoms with Crippen LogP contribution in [0, 0.1) is 0 Å². The van der Waals surface area contributed by atoms with Crippen LogP contribution in [0.15, 0.2) is 24.3 Å². The van der Waals surface area contributed by atoms with Crippen LogP contribution in [0.1, 0.15) is 5.56 Å². The van der Waals surface area contributed by atoms with Crippen LogP contribution in [-0.4, -0.2) is 39.3 Å². The average molecular weight is 252 g/mol. The van der Waals surface area contributed by atoms with E-state index >= 15 is 0 Å². The average Bonchev–Trinajstić information content (AvgIpc) is 2.39. The molecule has 100 valence electrons. The van der Waals surface area contributed by atoms with E-state index in [0.29, 0.717) is 25.4 Å². The molecule has 0 saturated carbocycles. The Morgan fingerprint density at radius 1 is 1.33 bits per heavy atom. The normalized spacial score (nSPS) is 10.1. The zero-order valence-electron chi connectivity index (χ0n) is 10.6. The molecule has 0 heterocycles. The SMILES string of the molecule is COCCNC(=O)COc1ccc(CCN)cc1. The molecule has 0 unspecified atom stereocenters. The van der Waals surface area contributed by atoms with Gasteiger partial charge in [0.05, 0.1) is 6.61 Å². The van der Waals surface area contributed by atoms with Gasteiger partial charge in [0.2, 0.25) is 0 Å². The summed E-state index contributed by atoms with van der Waals surface area (Å²) in [6.45, 7) is 1.63. The molecule has 5 heteroatoms. The van der Waals surface area contributed by atoms with Crippen molar-refractivity contribution in [1.82, 2.24) is 5.32 Å². The Kier molecular flexibility index (Phi) is 6.83. The molecule has 1 aromatic rings. The first-order valence-corrected chi connectivity index (χ1v) is 5.93. The van der Waals surface area contributed by atoms with E-state index in [1.54, 1.807) is 7.11 Å². The summed E-state index contributed by atoms with van der Waals surface area (Å²) in [6, 6.07) is 7.58. The van der Waals surface area contributed by atoms with E-state index in [-0.39, 0.29) is 12.5 Å². The highest BCUT2D eigenvalue weighted by Gasteiger charge is 2.01. The number of carbonyl (C=O) groups is 1. The van der Waals surface area contributed by atoms with Gasteiger partial charge < -0.3 is 20.5 Å². The molecule has 0 spiro atoms. The van der Waals surface area contributed by atoms with Gasteiger partial charge >= 0.3 is 0 Å². The summed E-state index contributed by atoms with van der Waals surface area (Å²) in [5.41, 5.74) is 6.62. The van der Waals surface area contributed by atoms with Crippen molar-refractivity contribution in [2.75, 3.05) is 33.4 Å². The molecule has 0 fully saturated rings. The first-order chi connectivity index (χ1) is 8.76. The lowest BCUT2D eigenvalue weighted by molar-refractivity contribution is -0.123. The van der Waals surface area contributed by atoms with Gasteiger partial charge in [-0.05, 0) is 30.7 Å². The van der Waals surface area contributed by atoms with Crippen LogP contribution in [0.25, 0.3) is 0 Å². The maximum absolute atomic E-state index is 11.4. The molecule has 0 saturated heterocycles. The molecular formula is C13H20N2O3. The van der Waals surface area contributed by atoms with Crippen molar-refractivity contribution < 1.29 is 14.3 Å². The summed E-state index contributed by atoms with van der Waals surface area (Å²) in [4.78, 5) is 11.4. The minimum Gasteiger partial charge on any atom is -0.484 e. The van der Waals surface area contributed by atoms with Crippen molar-refractivity contribution in [3.05, 3.63) is 29.8 Å². The van der Waals surface area contributed by atoms with E-state index in [1.807, 2.05) is 24.3 Å². The largest absolute Gasteiger partial charge is 0.484 e. The number of carbonyl (C=O) groups excluding carboxylic acids is 1. The fourth-order valence-electron chi connectivity index (χ4n) is 1.41. The predicted molar refractivity (Wildman–Crippen MR) is 69.6 cm³/mol. The highest BCUT2D eigenvalue weighted by molar-refractivity contribution is 5.77. The molecule has 3 N–H and O–H groups in total. The number of nitrogens with one attached hydrogen (secondary N) is 1. The third-order valence-electron chi connectivity index (χ3n) is 2.35. The summed E-state index contributed by atoms with van der Waals surface area (Å²) >= 11 is 0. The maximum atomic E-state index is 11.4. The van der Waals surface area contributed by atoms with Crippen molar-refractivity contribution in [3.63, 3.8) is 0 Å². The second kappa shape index (κ2) is 8.49. The lowest BCUT2D eigenvalue weighted by atomic mass is 10.1. The van der Waals surface area contributed by atoms with Crippen molar-refractivity contribution >= 4 is 5.91 Å². The van der Waals surface area contributed by atoms with Crippen molar-refractivity contribution in [1.29, 1.82) is 0 Å². The van der Waals surface area contributed by atoms with E-state index < -0.39 is 0 Å². The molecule has 0 aromatic heterocycles. The minimum absolute atomic E-state index is 0.0138. The molecule has 0 aliphatic carbocycles. The number of hydrogen-bond acceptors (Lipinski definition) is 4. The lowest BCUT2D eigenvalue weighted by Gasteiger charge is -2.07. The highest BCUT2D eigenvalue weighted by atomic mass is 16.5. The molecule has 0 aliphatic rings. The second-order valence-electron chi connectivity index (χ2n) is 3.81. The zero-order valence-corrected chi connectivity index (χ0v) is 10.6. The number of rotatable bonds is 8. The van der Waals surface area contributed by atoms with Crippen LogP contribution in [0.4, 0.5) is 0 Å². The Bertz CT molecular complexity index is 352. The van der Waals surface area contributed by atoms with E-state index in [2.05, 4.69) is 5.32 Å². The predicted octanol–water partition coefficient (Wildman–Crippen LogP) is 0.329. The van der Waals surface area contributed by atoms with Gasteiger partial charge in [-0.15, -0.1) is 0 Å². The van der Waals surface area contributed by atoms with Crippen LogP contribution in [0.5, 0.6) is 5.75 Å². The third-order valence-corrected chi connectivity index (χ3v) is 2.35. The first-order valence-electron chi connectivity index (χ1n) is 5.93. The summed E-state index contributed by atoms with van der Waals surface area (Å²) in [6.07, 6.45) is 0.845. The van der Waals surface area contributed by atoms with Crippen LogP contribution in [-0.2, 0) is 16.0 Å². The topological polar surface area (TPSA) is 73.6 Å². The lowest BCUT2D eigenvalue weighted by Crippen LogP contribution is -2.31. The summed E-state index contributed by atoms with van der Waals surface area (Å²) in [7, 11) is 1.59. The molecular weight excluding hydrogens is 232 g/mol. The monoisotopic (exact) mass is 252 g/mol. The van der Waals surface area contributed by atoms with Crippen LogP contribution >= 0.6 is 0 Å².